The van der Waals surface area contributed by atoms with Crippen LogP contribution in [0.3, 0.4) is 0 Å². The van der Waals surface area contributed by atoms with E-state index < -0.39 is 0 Å². The van der Waals surface area contributed by atoms with Gasteiger partial charge in [-0.05, 0) is 43.7 Å². The molecule has 0 N–H and O–H groups in total. The number of aryl methyl sites for hydroxylation is 1. The van der Waals surface area contributed by atoms with Gasteiger partial charge < -0.3 is 0 Å². The largest absolute Gasteiger partial charge is 0.332 e. The van der Waals surface area contributed by atoms with Crippen molar-refractivity contribution in [2.75, 3.05) is 6.54 Å². The van der Waals surface area contributed by atoms with Crippen LogP contribution < -0.4 is 11.2 Å². The number of piperidine rings is 1. The van der Waals surface area contributed by atoms with E-state index >= 15 is 0 Å². The number of pyridine rings is 2. The van der Waals surface area contributed by atoms with E-state index in [4.69, 9.17) is 4.98 Å². The van der Waals surface area contributed by atoms with Gasteiger partial charge in [0.05, 0.1) is 22.8 Å². The van der Waals surface area contributed by atoms with Crippen molar-refractivity contribution < 1.29 is 0 Å². The molecule has 0 spiro atoms. The second kappa shape index (κ2) is 7.08. The van der Waals surface area contributed by atoms with Crippen LogP contribution in [0.5, 0.6) is 0 Å². The van der Waals surface area contributed by atoms with E-state index in [2.05, 4.69) is 9.88 Å². The summed E-state index contributed by atoms with van der Waals surface area (Å²) in [5.41, 5.74) is 1.73. The molecule has 3 aromatic rings. The summed E-state index contributed by atoms with van der Waals surface area (Å²) in [6.07, 6.45) is 5.10. The first kappa shape index (κ1) is 17.6. The highest BCUT2D eigenvalue weighted by molar-refractivity contribution is 5.74. The molecular weight excluding hydrogens is 342 g/mol. The maximum Gasteiger partial charge on any atom is 0.332 e. The van der Waals surface area contributed by atoms with Crippen LogP contribution in [-0.2, 0) is 20.6 Å². The summed E-state index contributed by atoms with van der Waals surface area (Å²) < 4.78 is 2.57. The summed E-state index contributed by atoms with van der Waals surface area (Å²) >= 11 is 0. The van der Waals surface area contributed by atoms with Gasteiger partial charge in [-0.2, -0.15) is 0 Å². The predicted octanol–water partition coefficient (Wildman–Crippen LogP) is 1.75. The highest BCUT2D eigenvalue weighted by atomic mass is 16.2. The third-order valence-corrected chi connectivity index (χ3v) is 5.37. The number of hydrogen-bond donors (Lipinski definition) is 0. The van der Waals surface area contributed by atoms with Crippen LogP contribution in [0.4, 0.5) is 0 Å². The Labute approximate surface area is 156 Å². The molecule has 1 aliphatic rings. The molecule has 27 heavy (non-hydrogen) atoms. The fourth-order valence-electron chi connectivity index (χ4n) is 3.87. The minimum absolute atomic E-state index is 0.157. The average Bonchev–Trinajstić information content (AvgIpc) is 2.71. The molecule has 3 aromatic heterocycles. The van der Waals surface area contributed by atoms with E-state index in [1.807, 2.05) is 30.5 Å². The van der Waals surface area contributed by atoms with Crippen molar-refractivity contribution in [3.63, 3.8) is 0 Å². The minimum Gasteiger partial charge on any atom is -0.289 e. The van der Waals surface area contributed by atoms with E-state index in [-0.39, 0.29) is 17.3 Å². The third-order valence-electron chi connectivity index (χ3n) is 5.37. The van der Waals surface area contributed by atoms with Gasteiger partial charge >= 0.3 is 5.69 Å². The molecule has 7 heteroatoms. The zero-order valence-corrected chi connectivity index (χ0v) is 15.6. The Hall–Kier alpha value is -2.80. The molecule has 0 aromatic carbocycles. The maximum absolute atomic E-state index is 12.4. The van der Waals surface area contributed by atoms with Crippen LogP contribution >= 0.6 is 0 Å². The molecule has 0 saturated carbocycles. The van der Waals surface area contributed by atoms with Crippen molar-refractivity contribution in [1.82, 2.24) is 24.0 Å². The Morgan fingerprint density at radius 3 is 2.70 bits per heavy atom. The van der Waals surface area contributed by atoms with Crippen LogP contribution in [0, 0.1) is 0 Å². The standard InChI is InChI=1S/C20H23N5O2/c1-23-18-15(19(26)24(2)20(23)27)9-10-16(22-18)17-8-4-6-12-25(17)13-14-7-3-5-11-21-14/h3,5,7,9-11,17H,4,6,8,12-13H2,1-2H3. The first-order valence-electron chi connectivity index (χ1n) is 9.27. The van der Waals surface area contributed by atoms with Gasteiger partial charge in [0.2, 0.25) is 0 Å². The highest BCUT2D eigenvalue weighted by Gasteiger charge is 2.26. The van der Waals surface area contributed by atoms with Gasteiger partial charge in [0.25, 0.3) is 5.56 Å². The molecule has 7 nitrogen and oxygen atoms in total. The molecule has 1 unspecified atom stereocenters. The monoisotopic (exact) mass is 365 g/mol. The van der Waals surface area contributed by atoms with Gasteiger partial charge in [0.1, 0.15) is 5.65 Å². The second-order valence-corrected chi connectivity index (χ2v) is 7.12. The fraction of sp³-hybridized carbons (Fsp3) is 0.400. The first-order valence-corrected chi connectivity index (χ1v) is 9.27. The van der Waals surface area contributed by atoms with Gasteiger partial charge in [-0.1, -0.05) is 12.5 Å². The molecule has 4 heterocycles. The zero-order chi connectivity index (χ0) is 19.0. The van der Waals surface area contributed by atoms with Gasteiger partial charge in [0, 0.05) is 26.8 Å². The Bertz CT molecular complexity index is 1090. The van der Waals surface area contributed by atoms with Crippen molar-refractivity contribution in [2.24, 2.45) is 14.1 Å². The SMILES string of the molecule is Cn1c(=O)c2ccc(C3CCCCN3Cc3ccccn3)nc2n(C)c1=O. The Morgan fingerprint density at radius 2 is 1.93 bits per heavy atom. The molecule has 140 valence electrons. The molecule has 0 bridgehead atoms. The molecule has 1 atom stereocenters. The fourth-order valence-corrected chi connectivity index (χ4v) is 3.87. The van der Waals surface area contributed by atoms with E-state index in [1.165, 1.54) is 11.6 Å². The number of aromatic nitrogens is 4. The molecule has 1 saturated heterocycles. The predicted molar refractivity (Wildman–Crippen MR) is 103 cm³/mol. The van der Waals surface area contributed by atoms with Gasteiger partial charge in [-0.3, -0.25) is 23.8 Å². The zero-order valence-electron chi connectivity index (χ0n) is 15.6. The number of nitrogens with zero attached hydrogens (tertiary/aromatic N) is 5. The summed E-state index contributed by atoms with van der Waals surface area (Å²) in [6, 6.07) is 9.84. The van der Waals surface area contributed by atoms with E-state index in [0.29, 0.717) is 11.0 Å². The van der Waals surface area contributed by atoms with Crippen molar-refractivity contribution >= 4 is 11.0 Å². The van der Waals surface area contributed by atoms with Crippen molar-refractivity contribution in [2.45, 2.75) is 31.8 Å². The van der Waals surface area contributed by atoms with Gasteiger partial charge in [0.15, 0.2) is 0 Å². The summed E-state index contributed by atoms with van der Waals surface area (Å²) in [7, 11) is 3.15. The van der Waals surface area contributed by atoms with E-state index in [0.717, 1.165) is 48.3 Å². The van der Waals surface area contributed by atoms with Crippen LogP contribution in [0.25, 0.3) is 11.0 Å². The van der Waals surface area contributed by atoms with Gasteiger partial charge in [-0.25, -0.2) is 9.78 Å². The van der Waals surface area contributed by atoms with E-state index in [9.17, 15) is 9.59 Å². The summed E-state index contributed by atoms with van der Waals surface area (Å²) in [5, 5.41) is 0.468. The average molecular weight is 365 g/mol. The summed E-state index contributed by atoms with van der Waals surface area (Å²) in [5.74, 6) is 0. The molecule has 1 aliphatic heterocycles. The molecule has 1 fully saturated rings. The molecule has 0 amide bonds. The molecule has 0 radical (unpaired) electrons. The third kappa shape index (κ3) is 3.19. The van der Waals surface area contributed by atoms with Crippen LogP contribution in [0.15, 0.2) is 46.1 Å². The lowest BCUT2D eigenvalue weighted by Gasteiger charge is -2.35. The lowest BCUT2D eigenvalue weighted by atomic mass is 9.98. The minimum atomic E-state index is -0.355. The lowest BCUT2D eigenvalue weighted by molar-refractivity contribution is 0.136. The van der Waals surface area contributed by atoms with Crippen LogP contribution in [0.2, 0.25) is 0 Å². The summed E-state index contributed by atoms with van der Waals surface area (Å²) in [4.78, 5) is 36.2. The lowest BCUT2D eigenvalue weighted by Crippen LogP contribution is -2.38. The van der Waals surface area contributed by atoms with Crippen molar-refractivity contribution in [1.29, 1.82) is 0 Å². The van der Waals surface area contributed by atoms with Gasteiger partial charge in [-0.15, -0.1) is 0 Å². The van der Waals surface area contributed by atoms with E-state index in [1.54, 1.807) is 13.1 Å². The van der Waals surface area contributed by atoms with Crippen molar-refractivity contribution in [3.8, 4) is 0 Å². The molecule has 0 aliphatic carbocycles. The molecular formula is C20H23N5O2. The summed E-state index contributed by atoms with van der Waals surface area (Å²) in [6.45, 7) is 1.75. The number of likely N-dealkylation sites (tertiary alicyclic amines) is 1. The topological polar surface area (TPSA) is 73.0 Å². The Kier molecular flexibility index (Phi) is 4.61. The first-order chi connectivity index (χ1) is 13.1. The van der Waals surface area contributed by atoms with Crippen molar-refractivity contribution in [3.05, 3.63) is 68.8 Å². The number of hydrogen-bond acceptors (Lipinski definition) is 5. The second-order valence-electron chi connectivity index (χ2n) is 7.12. The van der Waals surface area contributed by atoms with Crippen LogP contribution in [-0.4, -0.2) is 30.5 Å². The highest BCUT2D eigenvalue weighted by Crippen LogP contribution is 2.31. The Morgan fingerprint density at radius 1 is 1.07 bits per heavy atom. The quantitative estimate of drug-likeness (QED) is 0.707. The smallest absolute Gasteiger partial charge is 0.289 e. The number of rotatable bonds is 3. The maximum atomic E-state index is 12.4. The molecule has 4 rings (SSSR count). The number of fused-ring (bicyclic) bond motifs is 1. The normalized spacial score (nSPS) is 18.1. The Balaban J connectivity index is 1.75. The van der Waals surface area contributed by atoms with Crippen LogP contribution in [0.1, 0.15) is 36.7 Å².